The van der Waals surface area contributed by atoms with Crippen LogP contribution in [-0.4, -0.2) is 39.7 Å². The standard InChI is InChI=1S/C20H22N2O5S/c1-3-27-19(23)12-14-4-7-17(8-5-14)21-20(24)16-6-9-18-15(13-16)10-11-22(18)28(2,25)26/h4-9,13H,3,10-12H2,1-2H3,(H,21,24). The van der Waals surface area contributed by atoms with Gasteiger partial charge in [-0.3, -0.25) is 13.9 Å². The minimum absolute atomic E-state index is 0.184. The van der Waals surface area contributed by atoms with Crippen LogP contribution in [0.1, 0.15) is 28.4 Å². The van der Waals surface area contributed by atoms with Gasteiger partial charge in [-0.15, -0.1) is 0 Å². The van der Waals surface area contributed by atoms with Crippen molar-refractivity contribution in [3.05, 3.63) is 59.2 Å². The SMILES string of the molecule is CCOC(=O)Cc1ccc(NC(=O)c2ccc3c(c2)CCN3S(C)(=O)=O)cc1. The fraction of sp³-hybridized carbons (Fsp3) is 0.300. The van der Waals surface area contributed by atoms with Crippen molar-refractivity contribution in [3.63, 3.8) is 0 Å². The average Bonchev–Trinajstić information content (AvgIpc) is 3.07. The van der Waals surface area contributed by atoms with Gasteiger partial charge in [0.1, 0.15) is 0 Å². The van der Waals surface area contributed by atoms with Gasteiger partial charge in [0.15, 0.2) is 0 Å². The van der Waals surface area contributed by atoms with E-state index in [1.54, 1.807) is 49.4 Å². The minimum Gasteiger partial charge on any atom is -0.466 e. The second-order valence-electron chi connectivity index (χ2n) is 6.56. The van der Waals surface area contributed by atoms with Crippen LogP contribution < -0.4 is 9.62 Å². The molecule has 0 aliphatic carbocycles. The molecule has 0 unspecified atom stereocenters. The van der Waals surface area contributed by atoms with E-state index >= 15 is 0 Å². The second kappa shape index (κ2) is 8.02. The highest BCUT2D eigenvalue weighted by Gasteiger charge is 2.26. The molecule has 1 aliphatic heterocycles. The monoisotopic (exact) mass is 402 g/mol. The zero-order valence-corrected chi connectivity index (χ0v) is 16.6. The van der Waals surface area contributed by atoms with E-state index in [1.165, 1.54) is 10.6 Å². The topological polar surface area (TPSA) is 92.8 Å². The largest absolute Gasteiger partial charge is 0.466 e. The van der Waals surface area contributed by atoms with Gasteiger partial charge >= 0.3 is 5.97 Å². The lowest BCUT2D eigenvalue weighted by Crippen LogP contribution is -2.27. The number of ether oxygens (including phenoxy) is 1. The van der Waals surface area contributed by atoms with Crippen LogP contribution in [0.5, 0.6) is 0 Å². The van der Waals surface area contributed by atoms with E-state index in [0.29, 0.717) is 36.5 Å². The normalized spacial score (nSPS) is 13.1. The van der Waals surface area contributed by atoms with Crippen LogP contribution in [0.15, 0.2) is 42.5 Å². The number of carbonyl (C=O) groups is 2. The van der Waals surface area contributed by atoms with E-state index in [9.17, 15) is 18.0 Å². The Morgan fingerprint density at radius 1 is 1.14 bits per heavy atom. The summed E-state index contributed by atoms with van der Waals surface area (Å²) in [5.41, 5.74) is 3.33. The van der Waals surface area contributed by atoms with Gasteiger partial charge in [-0.05, 0) is 54.8 Å². The molecule has 1 heterocycles. The number of nitrogens with zero attached hydrogens (tertiary/aromatic N) is 1. The summed E-state index contributed by atoms with van der Waals surface area (Å²) in [5.74, 6) is -0.570. The van der Waals surface area contributed by atoms with Gasteiger partial charge in [0, 0.05) is 17.8 Å². The fourth-order valence-electron chi connectivity index (χ4n) is 3.15. The molecule has 8 heteroatoms. The molecule has 0 spiro atoms. The maximum absolute atomic E-state index is 12.5. The van der Waals surface area contributed by atoms with Crippen molar-refractivity contribution >= 4 is 33.3 Å². The van der Waals surface area contributed by atoms with Crippen LogP contribution in [0.2, 0.25) is 0 Å². The summed E-state index contributed by atoms with van der Waals surface area (Å²) in [7, 11) is -3.31. The molecule has 0 bridgehead atoms. The first-order valence-electron chi connectivity index (χ1n) is 8.94. The molecule has 0 saturated heterocycles. The molecular weight excluding hydrogens is 380 g/mol. The molecule has 0 radical (unpaired) electrons. The van der Waals surface area contributed by atoms with Crippen LogP contribution in [-0.2, 0) is 32.4 Å². The average molecular weight is 402 g/mol. The summed E-state index contributed by atoms with van der Waals surface area (Å²) >= 11 is 0. The number of hydrogen-bond donors (Lipinski definition) is 1. The summed E-state index contributed by atoms with van der Waals surface area (Å²) in [6, 6.07) is 12.0. The lowest BCUT2D eigenvalue weighted by atomic mass is 10.1. The van der Waals surface area contributed by atoms with E-state index in [4.69, 9.17) is 4.74 Å². The van der Waals surface area contributed by atoms with Crippen molar-refractivity contribution in [2.45, 2.75) is 19.8 Å². The molecule has 28 heavy (non-hydrogen) atoms. The Kier molecular flexibility index (Phi) is 5.69. The molecule has 0 saturated carbocycles. The molecule has 0 atom stereocenters. The molecule has 0 fully saturated rings. The van der Waals surface area contributed by atoms with Crippen molar-refractivity contribution in [2.24, 2.45) is 0 Å². The van der Waals surface area contributed by atoms with E-state index in [2.05, 4.69) is 5.32 Å². The number of esters is 1. The fourth-order valence-corrected chi connectivity index (χ4v) is 4.10. The smallest absolute Gasteiger partial charge is 0.310 e. The summed E-state index contributed by atoms with van der Waals surface area (Å²) in [4.78, 5) is 24.0. The molecule has 1 aliphatic rings. The first-order chi connectivity index (χ1) is 13.3. The quantitative estimate of drug-likeness (QED) is 0.749. The molecular formula is C20H22N2O5S. The maximum Gasteiger partial charge on any atom is 0.310 e. The Bertz CT molecular complexity index is 1000. The van der Waals surface area contributed by atoms with E-state index in [0.717, 1.165) is 11.1 Å². The molecule has 7 nitrogen and oxygen atoms in total. The van der Waals surface area contributed by atoms with E-state index < -0.39 is 10.0 Å². The number of anilines is 2. The third-order valence-electron chi connectivity index (χ3n) is 4.46. The van der Waals surface area contributed by atoms with Gasteiger partial charge in [-0.25, -0.2) is 8.42 Å². The van der Waals surface area contributed by atoms with Crippen molar-refractivity contribution in [3.8, 4) is 0 Å². The van der Waals surface area contributed by atoms with E-state index in [1.807, 2.05) is 0 Å². The number of benzene rings is 2. The first-order valence-corrected chi connectivity index (χ1v) is 10.8. The molecule has 3 rings (SSSR count). The van der Waals surface area contributed by atoms with Gasteiger partial charge in [0.2, 0.25) is 10.0 Å². The second-order valence-corrected chi connectivity index (χ2v) is 8.47. The Morgan fingerprint density at radius 2 is 1.86 bits per heavy atom. The summed E-state index contributed by atoms with van der Waals surface area (Å²) < 4.78 is 29.9. The number of carbonyl (C=O) groups excluding carboxylic acids is 2. The Morgan fingerprint density at radius 3 is 2.50 bits per heavy atom. The Labute approximate surface area is 164 Å². The highest BCUT2D eigenvalue weighted by molar-refractivity contribution is 7.92. The third-order valence-corrected chi connectivity index (χ3v) is 5.64. The number of rotatable bonds is 6. The molecule has 2 aromatic carbocycles. The zero-order valence-electron chi connectivity index (χ0n) is 15.8. The van der Waals surface area contributed by atoms with Crippen molar-refractivity contribution in [2.75, 3.05) is 29.0 Å². The lowest BCUT2D eigenvalue weighted by molar-refractivity contribution is -0.142. The van der Waals surface area contributed by atoms with Crippen LogP contribution in [0.25, 0.3) is 0 Å². The molecule has 2 aromatic rings. The van der Waals surface area contributed by atoms with Crippen LogP contribution in [0.4, 0.5) is 11.4 Å². The van der Waals surface area contributed by atoms with Gasteiger partial charge in [-0.1, -0.05) is 12.1 Å². The molecule has 148 valence electrons. The highest BCUT2D eigenvalue weighted by atomic mass is 32.2. The van der Waals surface area contributed by atoms with Gasteiger partial charge in [0.05, 0.1) is 25.0 Å². The molecule has 0 aromatic heterocycles. The van der Waals surface area contributed by atoms with Crippen LogP contribution in [0.3, 0.4) is 0 Å². The molecule has 1 amide bonds. The third kappa shape index (κ3) is 4.51. The van der Waals surface area contributed by atoms with Crippen molar-refractivity contribution in [1.82, 2.24) is 0 Å². The highest BCUT2D eigenvalue weighted by Crippen LogP contribution is 2.30. The maximum atomic E-state index is 12.5. The lowest BCUT2D eigenvalue weighted by Gasteiger charge is -2.16. The predicted molar refractivity (Wildman–Crippen MR) is 107 cm³/mol. The number of sulfonamides is 1. The number of amides is 1. The minimum atomic E-state index is -3.31. The number of nitrogens with one attached hydrogen (secondary N) is 1. The Balaban J connectivity index is 1.68. The zero-order chi connectivity index (χ0) is 20.3. The Hall–Kier alpha value is -2.87. The van der Waals surface area contributed by atoms with Crippen molar-refractivity contribution in [1.29, 1.82) is 0 Å². The van der Waals surface area contributed by atoms with Crippen LogP contribution >= 0.6 is 0 Å². The first kappa shape index (κ1) is 19.9. The van der Waals surface area contributed by atoms with Gasteiger partial charge in [0.25, 0.3) is 5.91 Å². The summed E-state index contributed by atoms with van der Waals surface area (Å²) in [5, 5.41) is 2.81. The van der Waals surface area contributed by atoms with E-state index in [-0.39, 0.29) is 18.3 Å². The summed E-state index contributed by atoms with van der Waals surface area (Å²) in [6.07, 6.45) is 1.93. The van der Waals surface area contributed by atoms with Crippen molar-refractivity contribution < 1.29 is 22.7 Å². The molecule has 1 N–H and O–H groups in total. The van der Waals surface area contributed by atoms with Crippen LogP contribution in [0, 0.1) is 0 Å². The van der Waals surface area contributed by atoms with Gasteiger partial charge in [-0.2, -0.15) is 0 Å². The number of hydrogen-bond acceptors (Lipinski definition) is 5. The van der Waals surface area contributed by atoms with Gasteiger partial charge < -0.3 is 10.1 Å². The predicted octanol–water partition coefficient (Wildman–Crippen LogP) is 2.37. The summed E-state index contributed by atoms with van der Waals surface area (Å²) in [6.45, 7) is 2.49. The number of fused-ring (bicyclic) bond motifs is 1.